The van der Waals surface area contributed by atoms with Crippen LogP contribution in [0.1, 0.15) is 27.5 Å². The van der Waals surface area contributed by atoms with Gasteiger partial charge in [-0.25, -0.2) is 14.8 Å². The molecule has 0 unspecified atom stereocenters. The number of carbonyl (C=O) groups is 1. The smallest absolute Gasteiger partial charge is 0.335 e. The van der Waals surface area contributed by atoms with E-state index in [1.165, 1.54) is 18.5 Å². The molecule has 0 fully saturated rings. The maximum Gasteiger partial charge on any atom is 0.335 e. The van der Waals surface area contributed by atoms with Gasteiger partial charge in [0.2, 0.25) is 0 Å². The molecule has 0 saturated carbocycles. The van der Waals surface area contributed by atoms with Crippen molar-refractivity contribution in [1.29, 1.82) is 0 Å². The lowest BCUT2D eigenvalue weighted by Gasteiger charge is -2.22. The quantitative estimate of drug-likeness (QED) is 0.348. The van der Waals surface area contributed by atoms with Crippen molar-refractivity contribution in [2.45, 2.75) is 6.04 Å². The Kier molecular flexibility index (Phi) is 5.75. The molecule has 0 aliphatic rings. The number of carboxylic acids is 1. The molecule has 0 bridgehead atoms. The number of carboxylic acid groups (broad SMARTS) is 1. The van der Waals surface area contributed by atoms with Crippen LogP contribution in [0, 0.1) is 0 Å². The first-order valence-corrected chi connectivity index (χ1v) is 9.69. The highest BCUT2D eigenvalue weighted by atomic mass is 16.4. The second kappa shape index (κ2) is 8.96. The molecule has 7 nitrogen and oxygen atoms in total. The molecule has 0 aliphatic carbocycles. The largest absolute Gasteiger partial charge is 0.478 e. The maximum atomic E-state index is 11.0. The van der Waals surface area contributed by atoms with Gasteiger partial charge < -0.3 is 21.5 Å². The van der Waals surface area contributed by atoms with E-state index in [0.29, 0.717) is 23.0 Å². The molecule has 4 rings (SSSR count). The van der Waals surface area contributed by atoms with Crippen LogP contribution in [-0.4, -0.2) is 21.0 Å². The summed E-state index contributed by atoms with van der Waals surface area (Å²) in [6, 6.07) is 26.3. The predicted octanol–water partition coefficient (Wildman–Crippen LogP) is 4.70. The fourth-order valence-electron chi connectivity index (χ4n) is 3.23. The molecular formula is C24H21N5O2. The molecule has 5 N–H and O–H groups in total. The van der Waals surface area contributed by atoms with Gasteiger partial charge in [-0.15, -0.1) is 0 Å². The number of hydrogen-bond acceptors (Lipinski definition) is 6. The Labute approximate surface area is 179 Å². The third-order valence-corrected chi connectivity index (χ3v) is 4.83. The van der Waals surface area contributed by atoms with Crippen LogP contribution in [0.5, 0.6) is 0 Å². The van der Waals surface area contributed by atoms with E-state index < -0.39 is 5.97 Å². The van der Waals surface area contributed by atoms with Crippen LogP contribution in [0.3, 0.4) is 0 Å². The van der Waals surface area contributed by atoms with Gasteiger partial charge in [-0.05, 0) is 35.4 Å². The normalized spacial score (nSPS) is 10.6. The lowest BCUT2D eigenvalue weighted by Crippen LogP contribution is -2.15. The molecule has 7 heteroatoms. The molecule has 0 aliphatic heterocycles. The fraction of sp³-hybridized carbons (Fsp3) is 0.0417. The molecule has 31 heavy (non-hydrogen) atoms. The van der Waals surface area contributed by atoms with E-state index in [2.05, 4.69) is 20.6 Å². The average molecular weight is 411 g/mol. The molecule has 4 aromatic rings. The van der Waals surface area contributed by atoms with Gasteiger partial charge in [0.25, 0.3) is 0 Å². The standard InChI is InChI=1S/C24H21N5O2/c25-20-22(28-19-13-11-18(12-14-19)24(30)31)26-15-27-23(20)29-21(16-7-3-1-4-8-16)17-9-5-2-6-10-17/h1-15,21H,25H2,(H,30,31)(H2,26,27,28,29). The minimum atomic E-state index is -0.979. The summed E-state index contributed by atoms with van der Waals surface area (Å²) in [6.45, 7) is 0. The van der Waals surface area contributed by atoms with Crippen molar-refractivity contribution in [3.8, 4) is 0 Å². The van der Waals surface area contributed by atoms with E-state index in [1.54, 1.807) is 12.1 Å². The third kappa shape index (κ3) is 4.62. The van der Waals surface area contributed by atoms with Gasteiger partial charge in [0.15, 0.2) is 11.6 Å². The van der Waals surface area contributed by atoms with E-state index in [-0.39, 0.29) is 11.6 Å². The lowest BCUT2D eigenvalue weighted by molar-refractivity contribution is 0.0697. The molecule has 0 spiro atoms. The van der Waals surface area contributed by atoms with E-state index in [0.717, 1.165) is 11.1 Å². The fourth-order valence-corrected chi connectivity index (χ4v) is 3.23. The van der Waals surface area contributed by atoms with Crippen LogP contribution < -0.4 is 16.4 Å². The minimum Gasteiger partial charge on any atom is -0.478 e. The summed E-state index contributed by atoms with van der Waals surface area (Å²) < 4.78 is 0. The number of nitrogen functional groups attached to an aromatic ring is 1. The van der Waals surface area contributed by atoms with Crippen LogP contribution in [0.15, 0.2) is 91.3 Å². The molecule has 0 saturated heterocycles. The number of nitrogens with two attached hydrogens (primary N) is 1. The third-order valence-electron chi connectivity index (χ3n) is 4.83. The minimum absolute atomic E-state index is 0.151. The molecule has 0 atom stereocenters. The van der Waals surface area contributed by atoms with Gasteiger partial charge in [0.1, 0.15) is 12.0 Å². The predicted molar refractivity (Wildman–Crippen MR) is 121 cm³/mol. The molecule has 1 heterocycles. The highest BCUT2D eigenvalue weighted by Crippen LogP contribution is 2.31. The van der Waals surface area contributed by atoms with Crippen LogP contribution in [0.4, 0.5) is 23.0 Å². The average Bonchev–Trinajstić information content (AvgIpc) is 2.81. The Morgan fingerprint density at radius 3 is 1.90 bits per heavy atom. The zero-order valence-corrected chi connectivity index (χ0v) is 16.6. The highest BCUT2D eigenvalue weighted by Gasteiger charge is 2.17. The second-order valence-corrected chi connectivity index (χ2v) is 6.89. The molecule has 0 radical (unpaired) electrons. The number of aromatic carboxylic acids is 1. The molecule has 154 valence electrons. The number of anilines is 4. The number of rotatable bonds is 7. The summed E-state index contributed by atoms with van der Waals surface area (Å²) in [5.74, 6) is -0.0507. The van der Waals surface area contributed by atoms with E-state index in [1.807, 2.05) is 60.7 Å². The molecule has 3 aromatic carbocycles. The summed E-state index contributed by atoms with van der Waals surface area (Å²) in [6.07, 6.45) is 1.43. The zero-order chi connectivity index (χ0) is 21.6. The van der Waals surface area contributed by atoms with Crippen molar-refractivity contribution in [3.05, 3.63) is 108 Å². The van der Waals surface area contributed by atoms with Crippen molar-refractivity contribution < 1.29 is 9.90 Å². The number of hydrogen-bond donors (Lipinski definition) is 4. The summed E-state index contributed by atoms with van der Waals surface area (Å²) in [5.41, 5.74) is 9.76. The summed E-state index contributed by atoms with van der Waals surface area (Å²) in [5, 5.41) is 15.6. The van der Waals surface area contributed by atoms with Gasteiger partial charge in [0, 0.05) is 5.69 Å². The van der Waals surface area contributed by atoms with Crippen LogP contribution in [0.25, 0.3) is 0 Å². The first-order chi connectivity index (χ1) is 15.1. The van der Waals surface area contributed by atoms with E-state index in [4.69, 9.17) is 10.8 Å². The van der Waals surface area contributed by atoms with Crippen LogP contribution >= 0.6 is 0 Å². The zero-order valence-electron chi connectivity index (χ0n) is 16.6. The Balaban J connectivity index is 1.62. The van der Waals surface area contributed by atoms with Gasteiger partial charge in [-0.1, -0.05) is 60.7 Å². The Morgan fingerprint density at radius 2 is 1.35 bits per heavy atom. The van der Waals surface area contributed by atoms with E-state index >= 15 is 0 Å². The highest BCUT2D eigenvalue weighted by molar-refractivity contribution is 5.88. The van der Waals surface area contributed by atoms with E-state index in [9.17, 15) is 4.79 Å². The first kappa shape index (κ1) is 19.9. The number of nitrogens with zero attached hydrogens (tertiary/aromatic N) is 2. The van der Waals surface area contributed by atoms with Gasteiger partial charge in [-0.2, -0.15) is 0 Å². The van der Waals surface area contributed by atoms with Crippen molar-refractivity contribution in [2.75, 3.05) is 16.4 Å². The molecule has 1 aromatic heterocycles. The maximum absolute atomic E-state index is 11.0. The SMILES string of the molecule is Nc1c(Nc2ccc(C(=O)O)cc2)ncnc1NC(c1ccccc1)c1ccccc1. The first-order valence-electron chi connectivity index (χ1n) is 9.69. The van der Waals surface area contributed by atoms with Crippen molar-refractivity contribution >= 4 is 29.0 Å². The molecular weight excluding hydrogens is 390 g/mol. The Morgan fingerprint density at radius 1 is 0.806 bits per heavy atom. The topological polar surface area (TPSA) is 113 Å². The number of benzene rings is 3. The Bertz CT molecular complexity index is 1130. The lowest BCUT2D eigenvalue weighted by atomic mass is 9.99. The number of aromatic nitrogens is 2. The number of nitrogens with one attached hydrogen (secondary N) is 2. The summed E-state index contributed by atoms with van der Waals surface area (Å²) in [4.78, 5) is 19.6. The summed E-state index contributed by atoms with van der Waals surface area (Å²) in [7, 11) is 0. The van der Waals surface area contributed by atoms with Gasteiger partial charge >= 0.3 is 5.97 Å². The van der Waals surface area contributed by atoms with Crippen molar-refractivity contribution in [1.82, 2.24) is 9.97 Å². The van der Waals surface area contributed by atoms with Gasteiger partial charge in [-0.3, -0.25) is 0 Å². The van der Waals surface area contributed by atoms with Crippen molar-refractivity contribution in [2.24, 2.45) is 0 Å². The van der Waals surface area contributed by atoms with Crippen LogP contribution in [-0.2, 0) is 0 Å². The van der Waals surface area contributed by atoms with Gasteiger partial charge in [0.05, 0.1) is 11.6 Å². The molecule has 0 amide bonds. The second-order valence-electron chi connectivity index (χ2n) is 6.89. The van der Waals surface area contributed by atoms with Crippen molar-refractivity contribution in [3.63, 3.8) is 0 Å². The Hall–Kier alpha value is -4.39. The van der Waals surface area contributed by atoms with Crippen LogP contribution in [0.2, 0.25) is 0 Å². The monoisotopic (exact) mass is 411 g/mol. The summed E-state index contributed by atoms with van der Waals surface area (Å²) >= 11 is 0.